The van der Waals surface area contributed by atoms with Crippen LogP contribution in [0.4, 0.5) is 0 Å². The fourth-order valence-corrected chi connectivity index (χ4v) is 2.61. The second kappa shape index (κ2) is 2.76. The number of aliphatic hydroxyl groups excluding tert-OH is 1. The fourth-order valence-electron chi connectivity index (χ4n) is 2.61. The summed E-state index contributed by atoms with van der Waals surface area (Å²) in [4.78, 5) is 2.39. The van der Waals surface area contributed by atoms with Crippen LogP contribution < -0.4 is 0 Å². The van der Waals surface area contributed by atoms with Gasteiger partial charge in [-0.3, -0.25) is 4.90 Å². The molecule has 2 heterocycles. The maximum Gasteiger partial charge on any atom is 0.0696 e. The summed E-state index contributed by atoms with van der Waals surface area (Å²) in [5, 5.41) is 9.65. The van der Waals surface area contributed by atoms with Crippen molar-refractivity contribution in [1.82, 2.24) is 4.90 Å². The molecule has 0 aromatic rings. The molecule has 2 aliphatic rings. The van der Waals surface area contributed by atoms with E-state index >= 15 is 0 Å². The Labute approximate surface area is 68.2 Å². The quantitative estimate of drug-likeness (QED) is 0.564. The van der Waals surface area contributed by atoms with Crippen LogP contribution in [0.25, 0.3) is 0 Å². The zero-order valence-corrected chi connectivity index (χ0v) is 7.16. The Hall–Kier alpha value is -0.0800. The molecule has 2 heteroatoms. The molecular formula is C9H17NO. The third-order valence-electron chi connectivity index (χ3n) is 3.38. The summed E-state index contributed by atoms with van der Waals surface area (Å²) in [5.74, 6) is 0. The number of hydrogen-bond donors (Lipinski definition) is 1. The molecular weight excluding hydrogens is 138 g/mol. The van der Waals surface area contributed by atoms with Gasteiger partial charge in [0.1, 0.15) is 0 Å². The molecule has 0 aromatic carbocycles. The molecule has 11 heavy (non-hydrogen) atoms. The van der Waals surface area contributed by atoms with Gasteiger partial charge in [-0.15, -0.1) is 0 Å². The smallest absolute Gasteiger partial charge is 0.0696 e. The maximum atomic E-state index is 9.65. The summed E-state index contributed by atoms with van der Waals surface area (Å²) in [7, 11) is 2.16. The lowest BCUT2D eigenvalue weighted by Gasteiger charge is -2.46. The molecule has 0 spiro atoms. The van der Waals surface area contributed by atoms with Gasteiger partial charge in [0.15, 0.2) is 0 Å². The van der Waals surface area contributed by atoms with Crippen LogP contribution in [0.3, 0.4) is 0 Å². The fraction of sp³-hybridized carbons (Fsp3) is 1.00. The van der Waals surface area contributed by atoms with Crippen molar-refractivity contribution in [2.45, 2.75) is 50.3 Å². The van der Waals surface area contributed by atoms with Gasteiger partial charge in [0.2, 0.25) is 0 Å². The predicted molar refractivity (Wildman–Crippen MR) is 44.4 cm³/mol. The maximum absolute atomic E-state index is 9.65. The Morgan fingerprint density at radius 1 is 1.18 bits per heavy atom. The number of likely N-dealkylation sites (N-methyl/N-ethyl adjacent to an activating group) is 1. The van der Waals surface area contributed by atoms with E-state index in [1.54, 1.807) is 0 Å². The van der Waals surface area contributed by atoms with Gasteiger partial charge >= 0.3 is 0 Å². The Morgan fingerprint density at radius 3 is 2.73 bits per heavy atom. The standard InChI is InChI=1S/C9H17NO/c1-10-7-3-2-4-8(10)9(11)6-5-7/h7-9,11H,2-6H2,1H3/t7-,8+,9+/m1/s1. The minimum absolute atomic E-state index is 0.0449. The van der Waals surface area contributed by atoms with Gasteiger partial charge in [-0.2, -0.15) is 0 Å². The SMILES string of the molecule is CN1[C@@H]2CCC[C@H]1[C@@H](O)CC2. The number of aliphatic hydroxyl groups is 1. The number of hydrogen-bond acceptors (Lipinski definition) is 2. The second-order valence-corrected chi connectivity index (χ2v) is 3.96. The summed E-state index contributed by atoms with van der Waals surface area (Å²) < 4.78 is 0. The van der Waals surface area contributed by atoms with E-state index in [4.69, 9.17) is 0 Å². The number of fused-ring (bicyclic) bond motifs is 2. The molecule has 0 saturated carbocycles. The summed E-state index contributed by atoms with van der Waals surface area (Å²) in [6.07, 6.45) is 6.05. The van der Waals surface area contributed by atoms with Crippen molar-refractivity contribution in [1.29, 1.82) is 0 Å². The summed E-state index contributed by atoms with van der Waals surface area (Å²) in [5.41, 5.74) is 0. The van der Waals surface area contributed by atoms with Crippen molar-refractivity contribution in [3.05, 3.63) is 0 Å². The van der Waals surface area contributed by atoms with E-state index in [9.17, 15) is 5.11 Å². The lowest BCUT2D eigenvalue weighted by molar-refractivity contribution is -0.0328. The monoisotopic (exact) mass is 155 g/mol. The lowest BCUT2D eigenvalue weighted by Crippen LogP contribution is -2.53. The van der Waals surface area contributed by atoms with Crippen LogP contribution in [-0.4, -0.2) is 35.2 Å². The Balaban J connectivity index is 2.09. The van der Waals surface area contributed by atoms with Gasteiger partial charge in [-0.25, -0.2) is 0 Å². The van der Waals surface area contributed by atoms with Crippen LogP contribution in [0.1, 0.15) is 32.1 Å². The third kappa shape index (κ3) is 1.18. The molecule has 2 aliphatic heterocycles. The first-order valence-corrected chi connectivity index (χ1v) is 4.69. The van der Waals surface area contributed by atoms with E-state index in [0.29, 0.717) is 6.04 Å². The summed E-state index contributed by atoms with van der Waals surface area (Å²) in [6.45, 7) is 0. The highest BCUT2D eigenvalue weighted by atomic mass is 16.3. The van der Waals surface area contributed by atoms with Crippen LogP contribution in [0, 0.1) is 0 Å². The van der Waals surface area contributed by atoms with Crippen LogP contribution >= 0.6 is 0 Å². The average molecular weight is 155 g/mol. The molecule has 0 radical (unpaired) electrons. The molecule has 2 fully saturated rings. The highest BCUT2D eigenvalue weighted by molar-refractivity contribution is 4.91. The van der Waals surface area contributed by atoms with E-state index in [1.165, 1.54) is 25.7 Å². The molecule has 1 N–H and O–H groups in total. The molecule has 2 saturated heterocycles. The molecule has 2 rings (SSSR count). The first kappa shape index (κ1) is 7.56. The molecule has 0 aromatic heterocycles. The zero-order chi connectivity index (χ0) is 7.84. The number of piperidine rings is 2. The van der Waals surface area contributed by atoms with E-state index in [0.717, 1.165) is 12.5 Å². The van der Waals surface area contributed by atoms with Gasteiger partial charge in [0.05, 0.1) is 6.10 Å². The Kier molecular flexibility index (Phi) is 1.90. The summed E-state index contributed by atoms with van der Waals surface area (Å²) in [6, 6.07) is 1.25. The van der Waals surface area contributed by atoms with Crippen LogP contribution in [0.15, 0.2) is 0 Å². The molecule has 2 nitrogen and oxygen atoms in total. The molecule has 64 valence electrons. The molecule has 0 amide bonds. The van der Waals surface area contributed by atoms with Crippen LogP contribution in [0.2, 0.25) is 0 Å². The van der Waals surface area contributed by atoms with Crippen molar-refractivity contribution < 1.29 is 5.11 Å². The first-order valence-electron chi connectivity index (χ1n) is 4.69. The van der Waals surface area contributed by atoms with Gasteiger partial charge in [-0.1, -0.05) is 6.42 Å². The lowest BCUT2D eigenvalue weighted by atomic mass is 9.83. The third-order valence-corrected chi connectivity index (χ3v) is 3.38. The minimum Gasteiger partial charge on any atom is -0.391 e. The van der Waals surface area contributed by atoms with Crippen LogP contribution in [0.5, 0.6) is 0 Å². The van der Waals surface area contributed by atoms with E-state index < -0.39 is 0 Å². The molecule has 0 aliphatic carbocycles. The number of rotatable bonds is 0. The summed E-state index contributed by atoms with van der Waals surface area (Å²) >= 11 is 0. The number of nitrogens with zero attached hydrogens (tertiary/aromatic N) is 1. The molecule has 0 unspecified atom stereocenters. The average Bonchev–Trinajstić information content (AvgIpc) is 1.98. The van der Waals surface area contributed by atoms with E-state index in [2.05, 4.69) is 11.9 Å². The Morgan fingerprint density at radius 2 is 2.00 bits per heavy atom. The van der Waals surface area contributed by atoms with E-state index in [-0.39, 0.29) is 6.10 Å². The van der Waals surface area contributed by atoms with Crippen LogP contribution in [-0.2, 0) is 0 Å². The van der Waals surface area contributed by atoms with Gasteiger partial charge < -0.3 is 5.11 Å². The normalized spacial score (nSPS) is 45.8. The van der Waals surface area contributed by atoms with Gasteiger partial charge in [0.25, 0.3) is 0 Å². The molecule has 2 bridgehead atoms. The van der Waals surface area contributed by atoms with Crippen molar-refractivity contribution in [2.75, 3.05) is 7.05 Å². The van der Waals surface area contributed by atoms with E-state index in [1.807, 2.05) is 0 Å². The molecule has 3 atom stereocenters. The highest BCUT2D eigenvalue weighted by Crippen LogP contribution is 2.32. The van der Waals surface area contributed by atoms with Crippen molar-refractivity contribution in [3.63, 3.8) is 0 Å². The largest absolute Gasteiger partial charge is 0.391 e. The van der Waals surface area contributed by atoms with Gasteiger partial charge in [0, 0.05) is 12.1 Å². The minimum atomic E-state index is -0.0449. The first-order chi connectivity index (χ1) is 5.29. The second-order valence-electron chi connectivity index (χ2n) is 3.96. The highest BCUT2D eigenvalue weighted by Gasteiger charge is 2.36. The topological polar surface area (TPSA) is 23.5 Å². The predicted octanol–water partition coefficient (Wildman–Crippen LogP) is 0.994. The van der Waals surface area contributed by atoms with Gasteiger partial charge in [-0.05, 0) is 32.7 Å². The van der Waals surface area contributed by atoms with Crippen molar-refractivity contribution in [2.24, 2.45) is 0 Å². The van der Waals surface area contributed by atoms with Crippen molar-refractivity contribution >= 4 is 0 Å². The zero-order valence-electron chi connectivity index (χ0n) is 7.16. The Bertz CT molecular complexity index is 148. The van der Waals surface area contributed by atoms with Crippen molar-refractivity contribution in [3.8, 4) is 0 Å².